The molecule has 2 aliphatic heterocycles. The molecule has 1 aromatic rings. The predicted octanol–water partition coefficient (Wildman–Crippen LogP) is 2.13. The molecular weight excluding hydrogens is 320 g/mol. The van der Waals surface area contributed by atoms with Gasteiger partial charge in [-0.05, 0) is 42.9 Å². The highest BCUT2D eigenvalue weighted by atomic mass is 16.4. The first kappa shape index (κ1) is 17.5. The number of hydrogen-bond acceptors (Lipinski definition) is 3. The van der Waals surface area contributed by atoms with E-state index in [1.54, 1.807) is 12.1 Å². The van der Waals surface area contributed by atoms with Gasteiger partial charge in [0.1, 0.15) is 6.04 Å². The predicted molar refractivity (Wildman–Crippen MR) is 92.0 cm³/mol. The first-order valence-corrected chi connectivity index (χ1v) is 8.86. The van der Waals surface area contributed by atoms with Crippen molar-refractivity contribution in [3.63, 3.8) is 0 Å². The lowest BCUT2D eigenvalue weighted by atomic mass is 9.92. The van der Waals surface area contributed by atoms with E-state index in [0.29, 0.717) is 37.4 Å². The summed E-state index contributed by atoms with van der Waals surface area (Å²) in [6, 6.07) is 6.41. The zero-order valence-electron chi connectivity index (χ0n) is 14.5. The molecular formula is C19H24N2O4. The van der Waals surface area contributed by atoms with Crippen molar-refractivity contribution in [3.8, 4) is 0 Å². The van der Waals surface area contributed by atoms with Crippen molar-refractivity contribution in [1.82, 2.24) is 9.80 Å². The average molecular weight is 344 g/mol. The summed E-state index contributed by atoms with van der Waals surface area (Å²) in [7, 11) is 0. The Morgan fingerprint density at radius 3 is 2.52 bits per heavy atom. The summed E-state index contributed by atoms with van der Waals surface area (Å²) in [5.41, 5.74) is 1.48. The summed E-state index contributed by atoms with van der Waals surface area (Å²) in [4.78, 5) is 39.2. The summed E-state index contributed by atoms with van der Waals surface area (Å²) in [6.45, 7) is 3.84. The van der Waals surface area contributed by atoms with E-state index < -0.39 is 12.0 Å². The first-order chi connectivity index (χ1) is 12.0. The summed E-state index contributed by atoms with van der Waals surface area (Å²) in [6.07, 6.45) is 2.83. The van der Waals surface area contributed by atoms with Crippen LogP contribution in [0.1, 0.15) is 48.5 Å². The highest BCUT2D eigenvalue weighted by Crippen LogP contribution is 2.25. The highest BCUT2D eigenvalue weighted by molar-refractivity contribution is 5.96. The molecule has 3 rings (SSSR count). The third-order valence-corrected chi connectivity index (χ3v) is 5.16. The second-order valence-corrected chi connectivity index (χ2v) is 7.10. The van der Waals surface area contributed by atoms with Crippen molar-refractivity contribution in [1.29, 1.82) is 0 Å². The van der Waals surface area contributed by atoms with Crippen molar-refractivity contribution in [3.05, 3.63) is 35.4 Å². The molecule has 0 aromatic heterocycles. The van der Waals surface area contributed by atoms with Gasteiger partial charge in [-0.1, -0.05) is 19.1 Å². The second kappa shape index (κ2) is 7.25. The molecule has 0 radical (unpaired) electrons. The summed E-state index contributed by atoms with van der Waals surface area (Å²) >= 11 is 0. The van der Waals surface area contributed by atoms with E-state index in [2.05, 4.69) is 0 Å². The van der Waals surface area contributed by atoms with Gasteiger partial charge in [-0.2, -0.15) is 0 Å². The fourth-order valence-corrected chi connectivity index (χ4v) is 3.63. The smallest absolute Gasteiger partial charge is 0.326 e. The van der Waals surface area contributed by atoms with E-state index in [1.165, 1.54) is 4.90 Å². The van der Waals surface area contributed by atoms with Crippen LogP contribution in [0.4, 0.5) is 0 Å². The molecule has 1 aromatic carbocycles. The van der Waals surface area contributed by atoms with E-state index >= 15 is 0 Å². The normalized spacial score (nSPS) is 23.8. The number of carboxylic acid groups (broad SMARTS) is 1. The Balaban J connectivity index is 1.69. The van der Waals surface area contributed by atoms with Crippen molar-refractivity contribution >= 4 is 17.8 Å². The molecule has 2 amide bonds. The van der Waals surface area contributed by atoms with Crippen LogP contribution in [0.2, 0.25) is 0 Å². The van der Waals surface area contributed by atoms with E-state index in [0.717, 1.165) is 24.9 Å². The Bertz CT molecular complexity index is 671. The number of benzene rings is 1. The highest BCUT2D eigenvalue weighted by Gasteiger charge is 2.35. The minimum atomic E-state index is -0.941. The molecule has 0 saturated carbocycles. The Hall–Kier alpha value is -2.37. The van der Waals surface area contributed by atoms with Gasteiger partial charge in [0.25, 0.3) is 5.91 Å². The molecule has 0 bridgehead atoms. The third-order valence-electron chi connectivity index (χ3n) is 5.16. The van der Waals surface area contributed by atoms with Gasteiger partial charge in [-0.15, -0.1) is 0 Å². The average Bonchev–Trinajstić information content (AvgIpc) is 2.99. The van der Waals surface area contributed by atoms with Crippen molar-refractivity contribution < 1.29 is 19.5 Å². The van der Waals surface area contributed by atoms with Gasteiger partial charge in [0, 0.05) is 31.6 Å². The largest absolute Gasteiger partial charge is 0.480 e. The fraction of sp³-hybridized carbons (Fsp3) is 0.526. The number of amides is 2. The molecule has 2 atom stereocenters. The van der Waals surface area contributed by atoms with Crippen LogP contribution in [-0.4, -0.2) is 51.8 Å². The number of rotatable bonds is 4. The first-order valence-electron chi connectivity index (χ1n) is 8.86. The van der Waals surface area contributed by atoms with Gasteiger partial charge >= 0.3 is 5.97 Å². The van der Waals surface area contributed by atoms with Crippen LogP contribution >= 0.6 is 0 Å². The second-order valence-electron chi connectivity index (χ2n) is 7.10. The maximum Gasteiger partial charge on any atom is 0.326 e. The SMILES string of the molecule is CC1CCN(C(=O)c2ccc(CN3CCCC3=O)cc2)C(C(=O)O)C1. The zero-order valence-corrected chi connectivity index (χ0v) is 14.5. The topological polar surface area (TPSA) is 77.9 Å². The maximum atomic E-state index is 12.7. The van der Waals surface area contributed by atoms with Crippen LogP contribution in [0.25, 0.3) is 0 Å². The van der Waals surface area contributed by atoms with Crippen LogP contribution in [0, 0.1) is 5.92 Å². The molecule has 25 heavy (non-hydrogen) atoms. The van der Waals surface area contributed by atoms with Crippen LogP contribution in [0.3, 0.4) is 0 Å². The van der Waals surface area contributed by atoms with Crippen molar-refractivity contribution in [2.24, 2.45) is 5.92 Å². The molecule has 6 nitrogen and oxygen atoms in total. The Kier molecular flexibility index (Phi) is 5.06. The van der Waals surface area contributed by atoms with Gasteiger partial charge in [0.15, 0.2) is 0 Å². The lowest BCUT2D eigenvalue weighted by Gasteiger charge is -2.36. The van der Waals surface area contributed by atoms with E-state index in [4.69, 9.17) is 0 Å². The Morgan fingerprint density at radius 2 is 1.92 bits per heavy atom. The monoisotopic (exact) mass is 344 g/mol. The maximum absolute atomic E-state index is 12.7. The molecule has 2 unspecified atom stereocenters. The van der Waals surface area contributed by atoms with Crippen molar-refractivity contribution in [2.45, 2.75) is 45.2 Å². The van der Waals surface area contributed by atoms with E-state index in [9.17, 15) is 19.5 Å². The van der Waals surface area contributed by atoms with Gasteiger partial charge in [-0.25, -0.2) is 4.79 Å². The Morgan fingerprint density at radius 1 is 1.20 bits per heavy atom. The molecule has 2 fully saturated rings. The van der Waals surface area contributed by atoms with E-state index in [-0.39, 0.29) is 11.8 Å². The van der Waals surface area contributed by atoms with Crippen molar-refractivity contribution in [2.75, 3.05) is 13.1 Å². The number of aliphatic carboxylic acids is 1. The van der Waals surface area contributed by atoms with E-state index in [1.807, 2.05) is 24.0 Å². The molecule has 1 N–H and O–H groups in total. The number of likely N-dealkylation sites (tertiary alicyclic amines) is 2. The fourth-order valence-electron chi connectivity index (χ4n) is 3.63. The molecule has 6 heteroatoms. The number of nitrogens with zero attached hydrogens (tertiary/aromatic N) is 2. The number of carbonyl (C=O) groups excluding carboxylic acids is 2. The molecule has 2 saturated heterocycles. The zero-order chi connectivity index (χ0) is 18.0. The Labute approximate surface area is 147 Å². The van der Waals surface area contributed by atoms with Crippen LogP contribution in [-0.2, 0) is 16.1 Å². The van der Waals surface area contributed by atoms with Gasteiger partial charge in [0.05, 0.1) is 0 Å². The summed E-state index contributed by atoms with van der Waals surface area (Å²) < 4.78 is 0. The molecule has 0 spiro atoms. The number of piperidine rings is 1. The minimum Gasteiger partial charge on any atom is -0.480 e. The lowest BCUT2D eigenvalue weighted by Crippen LogP contribution is -2.49. The number of hydrogen-bond donors (Lipinski definition) is 1. The standard InChI is InChI=1S/C19H24N2O4/c1-13-8-10-21(16(11-13)19(24)25)18(23)15-6-4-14(5-7-15)12-20-9-2-3-17(20)22/h4-7,13,16H,2-3,8-12H2,1H3,(H,24,25). The van der Waals surface area contributed by atoms with Gasteiger partial charge in [0.2, 0.25) is 5.91 Å². The number of carboxylic acids is 1. The van der Waals surface area contributed by atoms with Crippen LogP contribution < -0.4 is 0 Å². The van der Waals surface area contributed by atoms with Gasteiger partial charge in [-0.3, -0.25) is 9.59 Å². The molecule has 2 aliphatic rings. The third kappa shape index (κ3) is 3.83. The number of carbonyl (C=O) groups is 3. The van der Waals surface area contributed by atoms with Crippen LogP contribution in [0.15, 0.2) is 24.3 Å². The molecule has 2 heterocycles. The quantitative estimate of drug-likeness (QED) is 0.908. The minimum absolute atomic E-state index is 0.173. The summed E-state index contributed by atoms with van der Waals surface area (Å²) in [5, 5.41) is 9.42. The van der Waals surface area contributed by atoms with Crippen LogP contribution in [0.5, 0.6) is 0 Å². The molecule has 134 valence electrons. The summed E-state index contributed by atoms with van der Waals surface area (Å²) in [5.74, 6) is -0.690. The van der Waals surface area contributed by atoms with Gasteiger partial charge < -0.3 is 14.9 Å². The molecule has 0 aliphatic carbocycles. The lowest BCUT2D eigenvalue weighted by molar-refractivity contribution is -0.144.